The summed E-state index contributed by atoms with van der Waals surface area (Å²) in [6.07, 6.45) is 3.64. The first-order valence-corrected chi connectivity index (χ1v) is 8.70. The molecule has 1 unspecified atom stereocenters. The van der Waals surface area contributed by atoms with Gasteiger partial charge >= 0.3 is 0 Å². The number of hydrogen-bond acceptors (Lipinski definition) is 4. The van der Waals surface area contributed by atoms with Crippen LogP contribution < -0.4 is 10.1 Å². The number of para-hydroxylation sites is 1. The topological polar surface area (TPSA) is 64.4 Å². The average Bonchev–Trinajstić information content (AvgIpc) is 2.88. The van der Waals surface area contributed by atoms with Gasteiger partial charge in [-0.25, -0.2) is 0 Å². The van der Waals surface area contributed by atoms with Gasteiger partial charge in [-0.2, -0.15) is 0 Å². The molecule has 0 bridgehead atoms. The maximum Gasteiger partial charge on any atom is 0.225 e. The van der Waals surface area contributed by atoms with Crippen LogP contribution in [0.15, 0.2) is 28.8 Å². The summed E-state index contributed by atoms with van der Waals surface area (Å²) in [5.41, 5.74) is 2.88. The SMILES string of the molecule is CCc1noc(CC)c1CC(=O)NC1CCCOc2ccccc21. The molecule has 3 rings (SSSR count). The van der Waals surface area contributed by atoms with Gasteiger partial charge < -0.3 is 14.6 Å². The molecule has 5 nitrogen and oxygen atoms in total. The number of carbonyl (C=O) groups excluding carboxylic acids is 1. The minimum atomic E-state index is -0.00814. The molecule has 1 aromatic heterocycles. The van der Waals surface area contributed by atoms with E-state index in [2.05, 4.69) is 10.5 Å². The Morgan fingerprint density at radius 1 is 1.29 bits per heavy atom. The Balaban J connectivity index is 1.75. The van der Waals surface area contributed by atoms with Crippen LogP contribution >= 0.6 is 0 Å². The van der Waals surface area contributed by atoms with Crippen LogP contribution in [0.25, 0.3) is 0 Å². The number of aromatic nitrogens is 1. The Labute approximate surface area is 142 Å². The quantitative estimate of drug-likeness (QED) is 0.914. The number of rotatable bonds is 5. The van der Waals surface area contributed by atoms with Crippen LogP contribution in [0, 0.1) is 0 Å². The standard InChI is InChI=1S/C19H24N2O3/c1-3-15-14(17(4-2)24-21-15)12-19(22)20-16-9-7-11-23-18-10-6-5-8-13(16)18/h5-6,8,10,16H,3-4,7,9,11-12H2,1-2H3,(H,20,22). The lowest BCUT2D eigenvalue weighted by Crippen LogP contribution is -2.30. The van der Waals surface area contributed by atoms with Crippen LogP contribution in [0.1, 0.15) is 55.3 Å². The van der Waals surface area contributed by atoms with Gasteiger partial charge in [-0.05, 0) is 25.3 Å². The van der Waals surface area contributed by atoms with Gasteiger partial charge in [0.25, 0.3) is 0 Å². The van der Waals surface area contributed by atoms with Gasteiger partial charge in [0.1, 0.15) is 11.5 Å². The summed E-state index contributed by atoms with van der Waals surface area (Å²) in [5.74, 6) is 1.68. The molecule has 1 aromatic carbocycles. The average molecular weight is 328 g/mol. The first-order chi connectivity index (χ1) is 11.7. The van der Waals surface area contributed by atoms with Gasteiger partial charge in [-0.15, -0.1) is 0 Å². The molecule has 2 aromatic rings. The van der Waals surface area contributed by atoms with Gasteiger partial charge in [0.2, 0.25) is 5.91 Å². The van der Waals surface area contributed by atoms with Crippen molar-refractivity contribution < 1.29 is 14.1 Å². The van der Waals surface area contributed by atoms with Crippen molar-refractivity contribution in [3.8, 4) is 5.75 Å². The number of fused-ring (bicyclic) bond motifs is 1. The molecular weight excluding hydrogens is 304 g/mol. The third-order valence-electron chi connectivity index (χ3n) is 4.47. The second kappa shape index (κ2) is 7.51. The van der Waals surface area contributed by atoms with E-state index in [1.54, 1.807) is 0 Å². The molecule has 0 fully saturated rings. The summed E-state index contributed by atoms with van der Waals surface area (Å²) in [7, 11) is 0. The second-order valence-electron chi connectivity index (χ2n) is 6.06. The molecule has 0 saturated carbocycles. The fourth-order valence-corrected chi connectivity index (χ4v) is 3.22. The van der Waals surface area contributed by atoms with Crippen LogP contribution in [0.2, 0.25) is 0 Å². The van der Waals surface area contributed by atoms with Crippen molar-refractivity contribution in [1.29, 1.82) is 0 Å². The van der Waals surface area contributed by atoms with Crippen LogP contribution in [0.4, 0.5) is 0 Å². The fourth-order valence-electron chi connectivity index (χ4n) is 3.22. The highest BCUT2D eigenvalue weighted by molar-refractivity contribution is 5.79. The molecule has 1 aliphatic rings. The number of amides is 1. The highest BCUT2D eigenvalue weighted by Crippen LogP contribution is 2.31. The molecule has 1 N–H and O–H groups in total. The van der Waals surface area contributed by atoms with Crippen molar-refractivity contribution in [1.82, 2.24) is 10.5 Å². The summed E-state index contributed by atoms with van der Waals surface area (Å²) in [6, 6.07) is 7.92. The van der Waals surface area contributed by atoms with Crippen molar-refractivity contribution >= 4 is 5.91 Å². The van der Waals surface area contributed by atoms with Gasteiger partial charge in [-0.3, -0.25) is 4.79 Å². The summed E-state index contributed by atoms with van der Waals surface area (Å²) in [4.78, 5) is 12.6. The molecule has 0 spiro atoms. The predicted octanol–water partition coefficient (Wildman–Crippen LogP) is 3.37. The summed E-state index contributed by atoms with van der Waals surface area (Å²) in [5, 5.41) is 7.25. The predicted molar refractivity (Wildman–Crippen MR) is 91.0 cm³/mol. The minimum Gasteiger partial charge on any atom is -0.493 e. The molecular formula is C19H24N2O3. The highest BCUT2D eigenvalue weighted by atomic mass is 16.5. The van der Waals surface area contributed by atoms with Crippen molar-refractivity contribution in [3.63, 3.8) is 0 Å². The molecule has 5 heteroatoms. The van der Waals surface area contributed by atoms with Crippen molar-refractivity contribution in [2.75, 3.05) is 6.61 Å². The molecule has 0 saturated heterocycles. The molecule has 0 radical (unpaired) electrons. The van der Waals surface area contributed by atoms with E-state index in [1.165, 1.54) is 0 Å². The maximum absolute atomic E-state index is 12.6. The molecule has 128 valence electrons. The minimum absolute atomic E-state index is 0.00398. The molecule has 1 amide bonds. The molecule has 2 heterocycles. The Kier molecular flexibility index (Phi) is 5.18. The lowest BCUT2D eigenvalue weighted by Gasteiger charge is -2.18. The van der Waals surface area contributed by atoms with Crippen molar-refractivity contribution in [2.24, 2.45) is 0 Å². The van der Waals surface area contributed by atoms with Gasteiger partial charge in [0.15, 0.2) is 0 Å². The Bertz CT molecular complexity index is 687. The molecule has 1 aliphatic heterocycles. The lowest BCUT2D eigenvalue weighted by atomic mass is 10.0. The number of aryl methyl sites for hydroxylation is 2. The van der Waals surface area contributed by atoms with Crippen molar-refractivity contribution in [3.05, 3.63) is 46.8 Å². The Morgan fingerprint density at radius 3 is 2.92 bits per heavy atom. The largest absolute Gasteiger partial charge is 0.493 e. The van der Waals surface area contributed by atoms with E-state index in [9.17, 15) is 4.79 Å². The zero-order chi connectivity index (χ0) is 16.9. The fraction of sp³-hybridized carbons (Fsp3) is 0.474. The maximum atomic E-state index is 12.6. The number of carbonyl (C=O) groups is 1. The summed E-state index contributed by atoms with van der Waals surface area (Å²) < 4.78 is 11.1. The summed E-state index contributed by atoms with van der Waals surface area (Å²) >= 11 is 0. The molecule has 1 atom stereocenters. The van der Waals surface area contributed by atoms with Crippen LogP contribution in [-0.4, -0.2) is 17.7 Å². The zero-order valence-corrected chi connectivity index (χ0v) is 14.3. The van der Waals surface area contributed by atoms with Gasteiger partial charge in [0, 0.05) is 17.5 Å². The number of hydrogen-bond donors (Lipinski definition) is 1. The Hall–Kier alpha value is -2.30. The van der Waals surface area contributed by atoms with E-state index in [0.717, 1.165) is 54.0 Å². The number of nitrogens with one attached hydrogen (secondary N) is 1. The lowest BCUT2D eigenvalue weighted by molar-refractivity contribution is -0.121. The van der Waals surface area contributed by atoms with E-state index >= 15 is 0 Å². The zero-order valence-electron chi connectivity index (χ0n) is 14.3. The highest BCUT2D eigenvalue weighted by Gasteiger charge is 2.23. The van der Waals surface area contributed by atoms with E-state index in [0.29, 0.717) is 13.0 Å². The molecule has 24 heavy (non-hydrogen) atoms. The van der Waals surface area contributed by atoms with E-state index in [4.69, 9.17) is 9.26 Å². The van der Waals surface area contributed by atoms with Crippen LogP contribution in [-0.2, 0) is 24.1 Å². The van der Waals surface area contributed by atoms with E-state index in [1.807, 2.05) is 38.1 Å². The van der Waals surface area contributed by atoms with E-state index in [-0.39, 0.29) is 11.9 Å². The molecule has 0 aliphatic carbocycles. The number of nitrogens with zero attached hydrogens (tertiary/aromatic N) is 1. The summed E-state index contributed by atoms with van der Waals surface area (Å²) in [6.45, 7) is 4.73. The smallest absolute Gasteiger partial charge is 0.225 e. The van der Waals surface area contributed by atoms with Gasteiger partial charge in [-0.1, -0.05) is 37.2 Å². The number of benzene rings is 1. The van der Waals surface area contributed by atoms with Gasteiger partial charge in [0.05, 0.1) is 24.8 Å². The first kappa shape index (κ1) is 16.6. The van der Waals surface area contributed by atoms with Crippen LogP contribution in [0.5, 0.6) is 5.75 Å². The monoisotopic (exact) mass is 328 g/mol. The third kappa shape index (κ3) is 3.45. The first-order valence-electron chi connectivity index (χ1n) is 8.70. The third-order valence-corrected chi connectivity index (χ3v) is 4.47. The van der Waals surface area contributed by atoms with Crippen LogP contribution in [0.3, 0.4) is 0 Å². The van der Waals surface area contributed by atoms with Crippen molar-refractivity contribution in [2.45, 2.75) is 52.0 Å². The number of ether oxygens (including phenoxy) is 1. The normalized spacial score (nSPS) is 16.8. The Morgan fingerprint density at radius 2 is 2.12 bits per heavy atom. The van der Waals surface area contributed by atoms with E-state index < -0.39 is 0 Å². The second-order valence-corrected chi connectivity index (χ2v) is 6.06.